The number of rotatable bonds is 7. The summed E-state index contributed by atoms with van der Waals surface area (Å²) < 4.78 is 5.41. The number of nitrogens with one attached hydrogen (secondary N) is 1. The quantitative estimate of drug-likeness (QED) is 0.463. The Kier molecular flexibility index (Phi) is 6.06. The molecule has 0 fully saturated rings. The van der Waals surface area contributed by atoms with Crippen LogP contribution >= 0.6 is 34.7 Å². The Labute approximate surface area is 158 Å². The Morgan fingerprint density at radius 1 is 1.32 bits per heavy atom. The predicted octanol–water partition coefficient (Wildman–Crippen LogP) is 4.67. The Balaban J connectivity index is 1.42. The number of thiazole rings is 1. The molecule has 6 nitrogen and oxygen atoms in total. The van der Waals surface area contributed by atoms with Crippen molar-refractivity contribution in [1.82, 2.24) is 15.2 Å². The molecule has 0 saturated heterocycles. The minimum Gasteiger partial charge on any atom is -0.401 e. The molecule has 0 unspecified atom stereocenters. The van der Waals surface area contributed by atoms with Crippen LogP contribution in [0.5, 0.6) is 0 Å². The number of thioether (sulfide) groups is 1. The number of aryl methyl sites for hydroxylation is 1. The summed E-state index contributed by atoms with van der Waals surface area (Å²) in [6.07, 6.45) is 1.12. The van der Waals surface area contributed by atoms with Gasteiger partial charge in [-0.15, -0.1) is 28.2 Å². The highest BCUT2D eigenvalue weighted by atomic mass is 35.5. The van der Waals surface area contributed by atoms with Crippen molar-refractivity contribution in [2.24, 2.45) is 0 Å². The van der Waals surface area contributed by atoms with Crippen LogP contribution in [-0.4, -0.2) is 26.8 Å². The van der Waals surface area contributed by atoms with Gasteiger partial charge in [-0.3, -0.25) is 10.1 Å². The zero-order valence-electron chi connectivity index (χ0n) is 13.4. The molecule has 0 bridgehead atoms. The number of aromatic nitrogens is 3. The highest BCUT2D eigenvalue weighted by Crippen LogP contribution is 2.23. The van der Waals surface area contributed by atoms with E-state index in [4.69, 9.17) is 16.0 Å². The van der Waals surface area contributed by atoms with Gasteiger partial charge >= 0.3 is 6.01 Å². The summed E-state index contributed by atoms with van der Waals surface area (Å²) in [5, 5.41) is 13.8. The van der Waals surface area contributed by atoms with Crippen LogP contribution in [0, 0.1) is 6.92 Å². The van der Waals surface area contributed by atoms with Gasteiger partial charge in [0.15, 0.2) is 0 Å². The van der Waals surface area contributed by atoms with Crippen molar-refractivity contribution in [2.75, 3.05) is 11.1 Å². The first-order valence-electron chi connectivity index (χ1n) is 7.54. The van der Waals surface area contributed by atoms with Crippen molar-refractivity contribution >= 4 is 46.6 Å². The molecule has 0 spiro atoms. The summed E-state index contributed by atoms with van der Waals surface area (Å²) in [6, 6.07) is 7.73. The number of benzene rings is 1. The maximum absolute atomic E-state index is 11.9. The first kappa shape index (κ1) is 17.9. The highest BCUT2D eigenvalue weighted by molar-refractivity contribution is 7.99. The molecule has 130 valence electrons. The largest absolute Gasteiger partial charge is 0.401 e. The van der Waals surface area contributed by atoms with Gasteiger partial charge in [0.2, 0.25) is 5.91 Å². The number of carbonyl (C=O) groups excluding carboxylic acids is 1. The summed E-state index contributed by atoms with van der Waals surface area (Å²) >= 11 is 9.03. The number of hydrogen-bond acceptors (Lipinski definition) is 7. The molecule has 1 aromatic carbocycles. The van der Waals surface area contributed by atoms with Crippen LogP contribution in [0.15, 0.2) is 39.0 Å². The average molecular weight is 395 g/mol. The van der Waals surface area contributed by atoms with Gasteiger partial charge in [-0.25, -0.2) is 4.98 Å². The molecule has 0 aliphatic rings. The Hall–Kier alpha value is -1.90. The van der Waals surface area contributed by atoms with Crippen LogP contribution in [-0.2, 0) is 4.79 Å². The molecule has 0 aliphatic heterocycles. The topological polar surface area (TPSA) is 80.9 Å². The van der Waals surface area contributed by atoms with Gasteiger partial charge in [0.05, 0.1) is 5.01 Å². The molecule has 1 N–H and O–H groups in total. The number of nitrogens with zero attached hydrogens (tertiary/aromatic N) is 3. The second kappa shape index (κ2) is 8.46. The minimum atomic E-state index is -0.152. The number of amides is 1. The van der Waals surface area contributed by atoms with E-state index in [-0.39, 0.29) is 11.9 Å². The molecule has 3 rings (SSSR count). The molecular formula is C16H15ClN4O2S2. The number of carbonyl (C=O) groups is 1. The van der Waals surface area contributed by atoms with Gasteiger partial charge in [-0.2, -0.15) is 0 Å². The van der Waals surface area contributed by atoms with Crippen molar-refractivity contribution in [2.45, 2.75) is 24.7 Å². The first-order valence-corrected chi connectivity index (χ1v) is 9.79. The Morgan fingerprint density at radius 3 is 2.84 bits per heavy atom. The number of anilines is 1. The van der Waals surface area contributed by atoms with Crippen molar-refractivity contribution in [3.05, 3.63) is 39.7 Å². The summed E-state index contributed by atoms with van der Waals surface area (Å²) in [7, 11) is 0. The number of halogens is 1. The first-order chi connectivity index (χ1) is 12.1. The second-order valence-electron chi connectivity index (χ2n) is 5.12. The molecule has 0 saturated carbocycles. The lowest BCUT2D eigenvalue weighted by molar-refractivity contribution is -0.116. The van der Waals surface area contributed by atoms with Gasteiger partial charge in [-0.1, -0.05) is 16.7 Å². The van der Waals surface area contributed by atoms with E-state index in [9.17, 15) is 4.79 Å². The molecule has 0 atom stereocenters. The third-order valence-electron chi connectivity index (χ3n) is 3.14. The van der Waals surface area contributed by atoms with E-state index < -0.39 is 0 Å². The van der Waals surface area contributed by atoms with Crippen molar-refractivity contribution in [3.8, 4) is 11.6 Å². The molecule has 2 aromatic heterocycles. The van der Waals surface area contributed by atoms with E-state index in [1.165, 1.54) is 11.3 Å². The molecule has 1 amide bonds. The lowest BCUT2D eigenvalue weighted by atomic mass is 10.3. The molecule has 3 aromatic rings. The Bertz CT molecular complexity index is 848. The second-order valence-corrected chi connectivity index (χ2v) is 7.79. The fraction of sp³-hybridized carbons (Fsp3) is 0.250. The van der Waals surface area contributed by atoms with E-state index in [2.05, 4.69) is 20.5 Å². The fourth-order valence-corrected chi connectivity index (χ4v) is 3.54. The highest BCUT2D eigenvalue weighted by Gasteiger charge is 2.13. The summed E-state index contributed by atoms with van der Waals surface area (Å²) in [6.45, 7) is 1.90. The molecule has 0 aliphatic carbocycles. The van der Waals surface area contributed by atoms with Crippen LogP contribution in [0.4, 0.5) is 6.01 Å². The van der Waals surface area contributed by atoms with Crippen LogP contribution < -0.4 is 5.32 Å². The van der Waals surface area contributed by atoms with Gasteiger partial charge in [0.25, 0.3) is 5.89 Å². The van der Waals surface area contributed by atoms with Crippen molar-refractivity contribution in [3.63, 3.8) is 0 Å². The third kappa shape index (κ3) is 5.29. The maximum atomic E-state index is 11.9. The van der Waals surface area contributed by atoms with E-state index in [0.29, 0.717) is 18.0 Å². The van der Waals surface area contributed by atoms with Gasteiger partial charge < -0.3 is 4.42 Å². The lowest BCUT2D eigenvalue weighted by Gasteiger charge is -2.02. The Morgan fingerprint density at radius 2 is 2.12 bits per heavy atom. The maximum Gasteiger partial charge on any atom is 0.322 e. The number of hydrogen-bond donors (Lipinski definition) is 1. The molecule has 25 heavy (non-hydrogen) atoms. The summed E-state index contributed by atoms with van der Waals surface area (Å²) in [5.41, 5.74) is 0.620. The van der Waals surface area contributed by atoms with Crippen LogP contribution in [0.3, 0.4) is 0 Å². The van der Waals surface area contributed by atoms with Crippen LogP contribution in [0.2, 0.25) is 5.02 Å². The zero-order valence-corrected chi connectivity index (χ0v) is 15.7. The predicted molar refractivity (Wildman–Crippen MR) is 100 cm³/mol. The average Bonchev–Trinajstić information content (AvgIpc) is 3.22. The standard InChI is InChI=1S/C16H15ClN4O2S2/c1-10-18-13(9-25-10)15-20-21-16(23-15)19-14(22)3-2-8-24-12-6-4-11(17)5-7-12/h4-7,9H,2-3,8H2,1H3,(H,19,21,22). The van der Waals surface area contributed by atoms with Crippen molar-refractivity contribution < 1.29 is 9.21 Å². The van der Waals surface area contributed by atoms with E-state index >= 15 is 0 Å². The fourth-order valence-electron chi connectivity index (χ4n) is 1.97. The molecule has 9 heteroatoms. The molecule has 0 radical (unpaired) electrons. The van der Waals surface area contributed by atoms with Crippen LogP contribution in [0.25, 0.3) is 11.6 Å². The van der Waals surface area contributed by atoms with Gasteiger partial charge in [0.1, 0.15) is 5.69 Å². The minimum absolute atomic E-state index is 0.0935. The SMILES string of the molecule is Cc1nc(-c2nnc(NC(=O)CCCSc3ccc(Cl)cc3)o2)cs1. The lowest BCUT2D eigenvalue weighted by Crippen LogP contribution is -2.11. The smallest absolute Gasteiger partial charge is 0.322 e. The summed E-state index contributed by atoms with van der Waals surface area (Å²) in [4.78, 5) is 17.3. The van der Waals surface area contributed by atoms with E-state index in [1.807, 2.05) is 36.6 Å². The van der Waals surface area contributed by atoms with E-state index in [0.717, 1.165) is 27.1 Å². The van der Waals surface area contributed by atoms with E-state index in [1.54, 1.807) is 11.8 Å². The third-order valence-corrected chi connectivity index (χ3v) is 5.26. The molecular weight excluding hydrogens is 380 g/mol. The molecule has 2 heterocycles. The summed E-state index contributed by atoms with van der Waals surface area (Å²) in [5.74, 6) is 0.988. The van der Waals surface area contributed by atoms with Crippen LogP contribution in [0.1, 0.15) is 17.8 Å². The monoisotopic (exact) mass is 394 g/mol. The van der Waals surface area contributed by atoms with Gasteiger partial charge in [-0.05, 0) is 43.4 Å². The normalized spacial score (nSPS) is 10.8. The van der Waals surface area contributed by atoms with Gasteiger partial charge in [0, 0.05) is 21.7 Å². The zero-order chi connectivity index (χ0) is 17.6. The van der Waals surface area contributed by atoms with Crippen molar-refractivity contribution in [1.29, 1.82) is 0 Å².